The van der Waals surface area contributed by atoms with Gasteiger partial charge in [0, 0.05) is 42.3 Å². The number of rotatable bonds is 2. The Balaban J connectivity index is 1.47. The highest BCUT2D eigenvalue weighted by Gasteiger charge is 2.28. The molecule has 4 rings (SSSR count). The van der Waals surface area contributed by atoms with Crippen LogP contribution in [0, 0.1) is 0 Å². The van der Waals surface area contributed by atoms with Crippen LogP contribution in [-0.4, -0.2) is 44.6 Å². The Bertz CT molecular complexity index is 1040. The van der Waals surface area contributed by atoms with E-state index in [1.807, 2.05) is 32.9 Å². The van der Waals surface area contributed by atoms with Crippen molar-refractivity contribution >= 4 is 40.1 Å². The van der Waals surface area contributed by atoms with Crippen molar-refractivity contribution in [2.45, 2.75) is 45.1 Å². The van der Waals surface area contributed by atoms with Gasteiger partial charge in [0.05, 0.1) is 21.7 Å². The summed E-state index contributed by atoms with van der Waals surface area (Å²) in [5.74, 6) is 0.331. The highest BCUT2D eigenvalue weighted by molar-refractivity contribution is 7.13. The van der Waals surface area contributed by atoms with E-state index in [4.69, 9.17) is 21.3 Å². The molecule has 6 nitrogen and oxygen atoms in total. The highest BCUT2D eigenvalue weighted by atomic mass is 35.5. The smallest absolute Gasteiger partial charge is 0.410 e. The first-order valence-corrected chi connectivity index (χ1v) is 10.9. The summed E-state index contributed by atoms with van der Waals surface area (Å²) in [5.41, 5.74) is 3.04. The first kappa shape index (κ1) is 20.0. The highest BCUT2D eigenvalue weighted by Crippen LogP contribution is 2.36. The van der Waals surface area contributed by atoms with Gasteiger partial charge in [-0.2, -0.15) is 0 Å². The molecule has 29 heavy (non-hydrogen) atoms. The average molecular weight is 431 g/mol. The van der Waals surface area contributed by atoms with Crippen LogP contribution in [0.2, 0.25) is 5.02 Å². The normalized spacial score (nSPS) is 15.7. The Hall–Kier alpha value is -2.25. The molecule has 0 radical (unpaired) electrons. The van der Waals surface area contributed by atoms with Gasteiger partial charge in [0.25, 0.3) is 0 Å². The number of likely N-dealkylation sites (tertiary alicyclic amines) is 1. The van der Waals surface area contributed by atoms with Crippen LogP contribution >= 0.6 is 22.9 Å². The third kappa shape index (κ3) is 4.51. The molecule has 8 heteroatoms. The fourth-order valence-corrected chi connectivity index (χ4v) is 4.67. The van der Waals surface area contributed by atoms with Crippen molar-refractivity contribution in [2.24, 2.45) is 0 Å². The van der Waals surface area contributed by atoms with Gasteiger partial charge in [0.2, 0.25) is 0 Å². The lowest BCUT2D eigenvalue weighted by atomic mass is 9.94. The van der Waals surface area contributed by atoms with E-state index < -0.39 is 5.60 Å². The van der Waals surface area contributed by atoms with Gasteiger partial charge in [-0.3, -0.25) is 9.97 Å². The summed E-state index contributed by atoms with van der Waals surface area (Å²) >= 11 is 8.07. The molecule has 0 atom stereocenters. The number of thiazole rings is 1. The van der Waals surface area contributed by atoms with Gasteiger partial charge in [-0.25, -0.2) is 9.78 Å². The first-order chi connectivity index (χ1) is 13.8. The molecule has 1 saturated heterocycles. The summed E-state index contributed by atoms with van der Waals surface area (Å²) in [4.78, 5) is 27.5. The maximum Gasteiger partial charge on any atom is 0.410 e. The van der Waals surface area contributed by atoms with E-state index in [0.717, 1.165) is 40.1 Å². The second kappa shape index (κ2) is 7.88. The van der Waals surface area contributed by atoms with Crippen molar-refractivity contribution in [3.05, 3.63) is 40.6 Å². The molecule has 0 bridgehead atoms. The quantitative estimate of drug-likeness (QED) is 0.535. The molecular weight excluding hydrogens is 408 g/mol. The minimum absolute atomic E-state index is 0.237. The molecule has 1 aliphatic rings. The molecule has 1 aliphatic heterocycles. The van der Waals surface area contributed by atoms with Crippen LogP contribution in [0.25, 0.3) is 21.6 Å². The van der Waals surface area contributed by atoms with Gasteiger partial charge < -0.3 is 9.64 Å². The molecule has 0 unspecified atom stereocenters. The number of aromatic nitrogens is 3. The van der Waals surface area contributed by atoms with Crippen molar-refractivity contribution in [1.29, 1.82) is 0 Å². The van der Waals surface area contributed by atoms with Gasteiger partial charge in [-0.05, 0) is 45.7 Å². The largest absolute Gasteiger partial charge is 0.444 e. The van der Waals surface area contributed by atoms with Gasteiger partial charge in [-0.15, -0.1) is 11.3 Å². The van der Waals surface area contributed by atoms with Crippen LogP contribution in [0.3, 0.4) is 0 Å². The first-order valence-electron chi connectivity index (χ1n) is 9.64. The second-order valence-corrected chi connectivity index (χ2v) is 9.46. The Morgan fingerprint density at radius 3 is 2.48 bits per heavy atom. The SMILES string of the molecule is CC(C)(C)OC(=O)N1CCC(c2csc(-c3cc4nccnc4cc3Cl)n2)CC1. The van der Waals surface area contributed by atoms with Crippen molar-refractivity contribution in [1.82, 2.24) is 19.9 Å². The second-order valence-electron chi connectivity index (χ2n) is 8.20. The zero-order valence-electron chi connectivity index (χ0n) is 16.7. The molecule has 3 heterocycles. The molecule has 1 fully saturated rings. The molecule has 0 aliphatic carbocycles. The van der Waals surface area contributed by atoms with Gasteiger partial charge in [-0.1, -0.05) is 11.6 Å². The summed E-state index contributed by atoms with van der Waals surface area (Å²) in [7, 11) is 0. The van der Waals surface area contributed by atoms with E-state index in [0.29, 0.717) is 24.0 Å². The maximum absolute atomic E-state index is 12.3. The summed E-state index contributed by atoms with van der Waals surface area (Å²) in [6.45, 7) is 7.02. The van der Waals surface area contributed by atoms with E-state index in [9.17, 15) is 4.79 Å². The fraction of sp³-hybridized carbons (Fsp3) is 0.429. The van der Waals surface area contributed by atoms with Crippen LogP contribution in [0.15, 0.2) is 29.9 Å². The number of halogens is 1. The lowest BCUT2D eigenvalue weighted by Gasteiger charge is -2.32. The standard InChI is InChI=1S/C21H23ClN4O2S/c1-21(2,3)28-20(27)26-8-4-13(5-9-26)18-12-29-19(25-18)14-10-16-17(11-15(14)22)24-7-6-23-16/h6-7,10-13H,4-5,8-9H2,1-3H3. The minimum atomic E-state index is -0.471. The van der Waals surface area contributed by atoms with Crippen molar-refractivity contribution in [3.63, 3.8) is 0 Å². The molecule has 0 spiro atoms. The Kier molecular flexibility index (Phi) is 5.44. The third-order valence-electron chi connectivity index (χ3n) is 4.88. The molecular formula is C21H23ClN4O2S. The zero-order chi connectivity index (χ0) is 20.6. The number of nitrogens with zero attached hydrogens (tertiary/aromatic N) is 4. The summed E-state index contributed by atoms with van der Waals surface area (Å²) < 4.78 is 5.48. The van der Waals surface area contributed by atoms with Crippen molar-refractivity contribution in [3.8, 4) is 10.6 Å². The van der Waals surface area contributed by atoms with Gasteiger partial charge in [0.1, 0.15) is 10.6 Å². The van der Waals surface area contributed by atoms with Crippen LogP contribution in [0.4, 0.5) is 4.79 Å². The van der Waals surface area contributed by atoms with E-state index in [1.165, 1.54) is 0 Å². The van der Waals surface area contributed by atoms with Crippen molar-refractivity contribution < 1.29 is 9.53 Å². The molecule has 152 valence electrons. The number of ether oxygens (including phenoxy) is 1. The monoisotopic (exact) mass is 430 g/mol. The Morgan fingerprint density at radius 2 is 1.83 bits per heavy atom. The van der Waals surface area contributed by atoms with E-state index in [2.05, 4.69) is 15.3 Å². The van der Waals surface area contributed by atoms with Crippen LogP contribution in [-0.2, 0) is 4.74 Å². The summed E-state index contributed by atoms with van der Waals surface area (Å²) in [5, 5.41) is 3.60. The molecule has 1 aromatic carbocycles. The van der Waals surface area contributed by atoms with Crippen molar-refractivity contribution in [2.75, 3.05) is 13.1 Å². The molecule has 2 aromatic heterocycles. The lowest BCUT2D eigenvalue weighted by molar-refractivity contribution is 0.0204. The molecule has 1 amide bonds. The van der Waals surface area contributed by atoms with E-state index in [-0.39, 0.29) is 6.09 Å². The van der Waals surface area contributed by atoms with Crippen LogP contribution < -0.4 is 0 Å². The molecule has 0 N–H and O–H groups in total. The predicted molar refractivity (Wildman–Crippen MR) is 115 cm³/mol. The third-order valence-corrected chi connectivity index (χ3v) is 6.08. The van der Waals surface area contributed by atoms with E-state index >= 15 is 0 Å². The maximum atomic E-state index is 12.3. The number of amides is 1. The lowest BCUT2D eigenvalue weighted by Crippen LogP contribution is -2.41. The van der Waals surface area contributed by atoms with Crippen LogP contribution in [0.5, 0.6) is 0 Å². The number of carbonyl (C=O) groups excluding carboxylic acids is 1. The number of piperidine rings is 1. The summed E-state index contributed by atoms with van der Waals surface area (Å²) in [6, 6.07) is 3.78. The fourth-order valence-electron chi connectivity index (χ4n) is 3.43. The van der Waals surface area contributed by atoms with Crippen LogP contribution in [0.1, 0.15) is 45.2 Å². The zero-order valence-corrected chi connectivity index (χ0v) is 18.3. The minimum Gasteiger partial charge on any atom is -0.444 e. The summed E-state index contributed by atoms with van der Waals surface area (Å²) in [6.07, 6.45) is 4.84. The number of benzene rings is 1. The molecule has 3 aromatic rings. The number of fused-ring (bicyclic) bond motifs is 1. The molecule has 0 saturated carbocycles. The van der Waals surface area contributed by atoms with Gasteiger partial charge in [0.15, 0.2) is 0 Å². The van der Waals surface area contributed by atoms with E-state index in [1.54, 1.807) is 28.6 Å². The van der Waals surface area contributed by atoms with Gasteiger partial charge >= 0.3 is 6.09 Å². The predicted octanol–water partition coefficient (Wildman–Crippen LogP) is 5.52. The number of hydrogen-bond acceptors (Lipinski definition) is 6. The number of carbonyl (C=O) groups is 1. The number of hydrogen-bond donors (Lipinski definition) is 0. The topological polar surface area (TPSA) is 68.2 Å². The average Bonchev–Trinajstić information content (AvgIpc) is 3.16. The Morgan fingerprint density at radius 1 is 1.17 bits per heavy atom. The Labute approximate surface area is 178 Å².